The smallest absolute Gasteiger partial charge is 0.411 e. The number of rotatable bonds is 2. The fraction of sp³-hybridized carbons (Fsp3) is 0.800. The van der Waals surface area contributed by atoms with Crippen LogP contribution in [0.5, 0.6) is 0 Å². The minimum atomic E-state index is -0.594. The standard InChI is InChI=1S/C10H18N2O6/c1-15-7-5-12(10(14)18-4)8(16-2)6-11(7)9(13)17-3/h7-8H,5-6H2,1-4H3. The van der Waals surface area contributed by atoms with Crippen molar-refractivity contribution in [3.8, 4) is 0 Å². The summed E-state index contributed by atoms with van der Waals surface area (Å²) in [6.45, 7) is 0.299. The summed E-state index contributed by atoms with van der Waals surface area (Å²) in [5, 5.41) is 0. The normalized spacial score (nSPS) is 23.8. The van der Waals surface area contributed by atoms with Gasteiger partial charge in [-0.05, 0) is 0 Å². The SMILES string of the molecule is COC(=O)N1CC(OC)N(C(=O)OC)CC1OC. The Hall–Kier alpha value is -1.54. The highest BCUT2D eigenvalue weighted by molar-refractivity contribution is 5.70. The minimum Gasteiger partial charge on any atom is -0.453 e. The van der Waals surface area contributed by atoms with Crippen molar-refractivity contribution < 1.29 is 28.5 Å². The Morgan fingerprint density at radius 2 is 1.17 bits per heavy atom. The molecule has 1 aliphatic heterocycles. The molecule has 0 aromatic rings. The van der Waals surface area contributed by atoms with Crippen molar-refractivity contribution in [2.24, 2.45) is 0 Å². The van der Waals surface area contributed by atoms with Crippen molar-refractivity contribution in [3.05, 3.63) is 0 Å². The third-order valence-corrected chi connectivity index (χ3v) is 2.76. The van der Waals surface area contributed by atoms with Crippen LogP contribution in [-0.4, -0.2) is 76.0 Å². The lowest BCUT2D eigenvalue weighted by Gasteiger charge is -2.42. The van der Waals surface area contributed by atoms with Crippen LogP contribution in [0.3, 0.4) is 0 Å². The summed E-state index contributed by atoms with van der Waals surface area (Å²) in [4.78, 5) is 25.9. The summed E-state index contributed by atoms with van der Waals surface area (Å²) < 4.78 is 19.6. The van der Waals surface area contributed by atoms with Crippen molar-refractivity contribution in [2.75, 3.05) is 41.5 Å². The Bertz CT molecular complexity index is 281. The average molecular weight is 262 g/mol. The zero-order valence-corrected chi connectivity index (χ0v) is 10.9. The molecule has 1 saturated heterocycles. The molecule has 0 spiro atoms. The second-order valence-corrected chi connectivity index (χ2v) is 3.63. The van der Waals surface area contributed by atoms with Gasteiger partial charge in [0.15, 0.2) is 12.5 Å². The van der Waals surface area contributed by atoms with Gasteiger partial charge in [0, 0.05) is 14.2 Å². The molecule has 104 valence electrons. The zero-order valence-electron chi connectivity index (χ0n) is 10.9. The van der Waals surface area contributed by atoms with Crippen LogP contribution in [0.1, 0.15) is 0 Å². The fourth-order valence-electron chi connectivity index (χ4n) is 1.79. The van der Waals surface area contributed by atoms with E-state index < -0.39 is 24.6 Å². The van der Waals surface area contributed by atoms with Crippen molar-refractivity contribution >= 4 is 12.2 Å². The summed E-state index contributed by atoms with van der Waals surface area (Å²) >= 11 is 0. The molecule has 8 nitrogen and oxygen atoms in total. The number of carbonyl (C=O) groups excluding carboxylic acids is 2. The second kappa shape index (κ2) is 6.41. The highest BCUT2D eigenvalue weighted by Crippen LogP contribution is 2.18. The summed E-state index contributed by atoms with van der Waals surface area (Å²) in [7, 11) is 5.46. The Balaban J connectivity index is 2.85. The quantitative estimate of drug-likeness (QED) is 0.701. The first kappa shape index (κ1) is 14.5. The highest BCUT2D eigenvalue weighted by atomic mass is 16.6. The molecular formula is C10H18N2O6. The molecule has 0 N–H and O–H groups in total. The van der Waals surface area contributed by atoms with Gasteiger partial charge in [0.2, 0.25) is 0 Å². The van der Waals surface area contributed by atoms with E-state index in [1.165, 1.54) is 38.2 Å². The fourth-order valence-corrected chi connectivity index (χ4v) is 1.79. The first-order valence-corrected chi connectivity index (χ1v) is 5.33. The molecule has 18 heavy (non-hydrogen) atoms. The van der Waals surface area contributed by atoms with E-state index in [0.29, 0.717) is 0 Å². The Morgan fingerprint density at radius 1 is 0.833 bits per heavy atom. The van der Waals surface area contributed by atoms with E-state index >= 15 is 0 Å². The van der Waals surface area contributed by atoms with E-state index in [2.05, 4.69) is 9.47 Å². The third kappa shape index (κ3) is 2.82. The molecule has 1 heterocycles. The number of methoxy groups -OCH3 is 4. The number of amides is 2. The summed E-state index contributed by atoms with van der Waals surface area (Å²) in [5.41, 5.74) is 0. The van der Waals surface area contributed by atoms with E-state index in [4.69, 9.17) is 9.47 Å². The van der Waals surface area contributed by atoms with E-state index in [9.17, 15) is 9.59 Å². The molecule has 0 radical (unpaired) electrons. The zero-order chi connectivity index (χ0) is 13.7. The maximum absolute atomic E-state index is 11.6. The molecule has 2 unspecified atom stereocenters. The maximum atomic E-state index is 11.6. The number of ether oxygens (including phenoxy) is 4. The Morgan fingerprint density at radius 3 is 1.39 bits per heavy atom. The third-order valence-electron chi connectivity index (χ3n) is 2.76. The van der Waals surface area contributed by atoms with Gasteiger partial charge in [-0.25, -0.2) is 9.59 Å². The van der Waals surface area contributed by atoms with Crippen LogP contribution in [-0.2, 0) is 18.9 Å². The van der Waals surface area contributed by atoms with Crippen molar-refractivity contribution in [2.45, 2.75) is 12.5 Å². The summed E-state index contributed by atoms with van der Waals surface area (Å²) in [6.07, 6.45) is -2.26. The van der Waals surface area contributed by atoms with Gasteiger partial charge in [-0.1, -0.05) is 0 Å². The lowest BCUT2D eigenvalue weighted by molar-refractivity contribution is -0.138. The van der Waals surface area contributed by atoms with Crippen LogP contribution in [0.4, 0.5) is 9.59 Å². The largest absolute Gasteiger partial charge is 0.453 e. The second-order valence-electron chi connectivity index (χ2n) is 3.63. The van der Waals surface area contributed by atoms with Crippen molar-refractivity contribution in [3.63, 3.8) is 0 Å². The van der Waals surface area contributed by atoms with Gasteiger partial charge >= 0.3 is 12.2 Å². The molecule has 1 fully saturated rings. The van der Waals surface area contributed by atoms with Gasteiger partial charge in [-0.3, -0.25) is 9.80 Å². The molecule has 1 rings (SSSR count). The van der Waals surface area contributed by atoms with Gasteiger partial charge in [0.1, 0.15) is 0 Å². The summed E-state index contributed by atoms with van der Waals surface area (Å²) in [5.74, 6) is 0. The van der Waals surface area contributed by atoms with E-state index in [1.807, 2.05) is 0 Å². The van der Waals surface area contributed by atoms with Crippen LogP contribution in [0, 0.1) is 0 Å². The lowest BCUT2D eigenvalue weighted by Crippen LogP contribution is -2.62. The number of hydrogen-bond donors (Lipinski definition) is 0. The van der Waals surface area contributed by atoms with E-state index in [0.717, 1.165) is 0 Å². The van der Waals surface area contributed by atoms with Crippen LogP contribution in [0.2, 0.25) is 0 Å². The van der Waals surface area contributed by atoms with Crippen molar-refractivity contribution in [1.29, 1.82) is 0 Å². The number of piperazine rings is 1. The Kier molecular flexibility index (Phi) is 5.17. The van der Waals surface area contributed by atoms with E-state index in [-0.39, 0.29) is 13.1 Å². The molecule has 2 atom stereocenters. The molecule has 0 aliphatic carbocycles. The molecule has 2 amide bonds. The first-order chi connectivity index (χ1) is 8.58. The lowest BCUT2D eigenvalue weighted by atomic mass is 10.3. The van der Waals surface area contributed by atoms with Crippen molar-refractivity contribution in [1.82, 2.24) is 9.80 Å². The Labute approximate surface area is 105 Å². The molecule has 0 aromatic heterocycles. The number of nitrogens with zero attached hydrogens (tertiary/aromatic N) is 2. The molecule has 0 bridgehead atoms. The van der Waals surface area contributed by atoms with Gasteiger partial charge in [-0.15, -0.1) is 0 Å². The molecule has 0 aromatic carbocycles. The monoisotopic (exact) mass is 262 g/mol. The molecule has 1 aliphatic rings. The summed E-state index contributed by atoms with van der Waals surface area (Å²) in [6, 6.07) is 0. The molecule has 8 heteroatoms. The van der Waals surface area contributed by atoms with Crippen LogP contribution in [0.25, 0.3) is 0 Å². The predicted octanol–water partition coefficient (Wildman–Crippen LogP) is 0.0818. The number of hydrogen-bond acceptors (Lipinski definition) is 6. The van der Waals surface area contributed by atoms with Gasteiger partial charge in [0.25, 0.3) is 0 Å². The van der Waals surface area contributed by atoms with Crippen LogP contribution < -0.4 is 0 Å². The highest BCUT2D eigenvalue weighted by Gasteiger charge is 2.40. The topological polar surface area (TPSA) is 77.5 Å². The molecule has 0 saturated carbocycles. The van der Waals surface area contributed by atoms with Gasteiger partial charge in [0.05, 0.1) is 27.3 Å². The maximum Gasteiger partial charge on any atom is 0.411 e. The van der Waals surface area contributed by atoms with Crippen LogP contribution in [0.15, 0.2) is 0 Å². The van der Waals surface area contributed by atoms with E-state index in [1.54, 1.807) is 0 Å². The van der Waals surface area contributed by atoms with Crippen LogP contribution >= 0.6 is 0 Å². The average Bonchev–Trinajstić information content (AvgIpc) is 2.43. The number of carbonyl (C=O) groups is 2. The minimum absolute atomic E-state index is 0.150. The van der Waals surface area contributed by atoms with Gasteiger partial charge < -0.3 is 18.9 Å². The molecular weight excluding hydrogens is 244 g/mol. The van der Waals surface area contributed by atoms with Gasteiger partial charge in [-0.2, -0.15) is 0 Å². The first-order valence-electron chi connectivity index (χ1n) is 5.33. The predicted molar refractivity (Wildman–Crippen MR) is 59.8 cm³/mol.